The number of urea groups is 1. The van der Waals surface area contributed by atoms with Crippen molar-refractivity contribution in [3.05, 3.63) is 98.0 Å². The summed E-state index contributed by atoms with van der Waals surface area (Å²) in [5.74, 6) is -1.32. The smallest absolute Gasteiger partial charge is 0.335 e. The SMILES string of the molecule is Cc1ccc(COc2c(Cl)cc(Cl)cc2/C=C2\C(=O)NC(=O)N(c3ccc(C)c(C)c3)C2=O)cc1. The summed E-state index contributed by atoms with van der Waals surface area (Å²) in [6.07, 6.45) is 1.33. The molecule has 4 amide bonds. The fourth-order valence-electron chi connectivity index (χ4n) is 3.59. The molecule has 35 heavy (non-hydrogen) atoms. The minimum atomic E-state index is -0.819. The zero-order valence-corrected chi connectivity index (χ0v) is 20.8. The van der Waals surface area contributed by atoms with Crippen LogP contribution >= 0.6 is 23.2 Å². The second-order valence-corrected chi connectivity index (χ2v) is 9.15. The van der Waals surface area contributed by atoms with Crippen molar-refractivity contribution in [3.8, 4) is 5.75 Å². The van der Waals surface area contributed by atoms with Crippen LogP contribution in [0.1, 0.15) is 27.8 Å². The number of amides is 4. The van der Waals surface area contributed by atoms with Gasteiger partial charge in [-0.3, -0.25) is 14.9 Å². The lowest BCUT2D eigenvalue weighted by atomic mass is 10.0. The standard InChI is InChI=1S/C27H22Cl2N2O4/c1-15-4-7-18(8-5-15)14-35-24-19(11-20(28)13-23(24)29)12-22-25(32)30-27(34)31(26(22)33)21-9-6-16(2)17(3)10-21/h4-13H,14H2,1-3H3,(H,30,32,34)/b22-12+. The first-order chi connectivity index (χ1) is 16.6. The van der Waals surface area contributed by atoms with Crippen LogP contribution in [0.5, 0.6) is 5.75 Å². The molecule has 0 bridgehead atoms. The topological polar surface area (TPSA) is 75.7 Å². The number of aryl methyl sites for hydroxylation is 3. The van der Waals surface area contributed by atoms with E-state index in [0.29, 0.717) is 16.3 Å². The second-order valence-electron chi connectivity index (χ2n) is 8.31. The van der Waals surface area contributed by atoms with E-state index >= 15 is 0 Å². The van der Waals surface area contributed by atoms with Crippen LogP contribution < -0.4 is 15.0 Å². The third-order valence-corrected chi connectivity index (χ3v) is 6.19. The number of rotatable bonds is 5. The van der Waals surface area contributed by atoms with Gasteiger partial charge in [0.15, 0.2) is 0 Å². The van der Waals surface area contributed by atoms with Crippen molar-refractivity contribution in [1.82, 2.24) is 5.32 Å². The lowest BCUT2D eigenvalue weighted by Gasteiger charge is -2.27. The largest absolute Gasteiger partial charge is 0.487 e. The van der Waals surface area contributed by atoms with Gasteiger partial charge in [-0.15, -0.1) is 0 Å². The van der Waals surface area contributed by atoms with Crippen molar-refractivity contribution in [2.75, 3.05) is 4.90 Å². The van der Waals surface area contributed by atoms with Crippen molar-refractivity contribution >= 4 is 52.8 Å². The number of barbiturate groups is 1. The summed E-state index contributed by atoms with van der Waals surface area (Å²) in [5, 5.41) is 2.75. The minimum Gasteiger partial charge on any atom is -0.487 e. The van der Waals surface area contributed by atoms with E-state index in [1.54, 1.807) is 24.3 Å². The number of ether oxygens (including phenoxy) is 1. The van der Waals surface area contributed by atoms with Crippen molar-refractivity contribution in [2.45, 2.75) is 27.4 Å². The molecule has 3 aromatic rings. The van der Waals surface area contributed by atoms with Gasteiger partial charge in [0.05, 0.1) is 10.7 Å². The summed E-state index contributed by atoms with van der Waals surface area (Å²) in [5.41, 5.74) is 4.39. The number of hydrogen-bond donors (Lipinski definition) is 1. The third-order valence-electron chi connectivity index (χ3n) is 5.69. The summed E-state index contributed by atoms with van der Waals surface area (Å²) in [6.45, 7) is 6.00. The lowest BCUT2D eigenvalue weighted by Crippen LogP contribution is -2.54. The highest BCUT2D eigenvalue weighted by molar-refractivity contribution is 6.40. The molecule has 0 aliphatic carbocycles. The molecule has 0 saturated carbocycles. The summed E-state index contributed by atoms with van der Waals surface area (Å²) in [6, 6.07) is 15.2. The van der Waals surface area contributed by atoms with Crippen molar-refractivity contribution in [2.24, 2.45) is 0 Å². The zero-order valence-electron chi connectivity index (χ0n) is 19.3. The van der Waals surface area contributed by atoms with E-state index in [9.17, 15) is 14.4 Å². The van der Waals surface area contributed by atoms with Gasteiger partial charge in [-0.25, -0.2) is 9.69 Å². The highest BCUT2D eigenvalue weighted by Gasteiger charge is 2.37. The van der Waals surface area contributed by atoms with E-state index in [4.69, 9.17) is 27.9 Å². The number of anilines is 1. The fraction of sp³-hybridized carbons (Fsp3) is 0.148. The van der Waals surface area contributed by atoms with Crippen LogP contribution in [-0.2, 0) is 16.2 Å². The summed E-state index contributed by atoms with van der Waals surface area (Å²) >= 11 is 12.6. The Morgan fingerprint density at radius 1 is 0.914 bits per heavy atom. The van der Waals surface area contributed by atoms with Gasteiger partial charge in [0.1, 0.15) is 17.9 Å². The Labute approximate surface area is 213 Å². The molecule has 1 aliphatic rings. The van der Waals surface area contributed by atoms with Crippen LogP contribution in [0.15, 0.2) is 60.2 Å². The molecule has 0 unspecified atom stereocenters. The number of halogens is 2. The van der Waals surface area contributed by atoms with Crippen molar-refractivity contribution in [3.63, 3.8) is 0 Å². The van der Waals surface area contributed by atoms with Gasteiger partial charge < -0.3 is 4.74 Å². The maximum absolute atomic E-state index is 13.3. The van der Waals surface area contributed by atoms with Gasteiger partial charge in [-0.05, 0) is 67.8 Å². The number of nitrogens with zero attached hydrogens (tertiary/aromatic N) is 1. The molecule has 1 heterocycles. The minimum absolute atomic E-state index is 0.213. The lowest BCUT2D eigenvalue weighted by molar-refractivity contribution is -0.122. The van der Waals surface area contributed by atoms with Gasteiger partial charge in [-0.2, -0.15) is 0 Å². The summed E-state index contributed by atoms with van der Waals surface area (Å²) in [4.78, 5) is 39.4. The predicted octanol–water partition coefficient (Wildman–Crippen LogP) is 6.16. The monoisotopic (exact) mass is 508 g/mol. The summed E-state index contributed by atoms with van der Waals surface area (Å²) in [7, 11) is 0. The zero-order chi connectivity index (χ0) is 25.3. The number of benzene rings is 3. The van der Waals surface area contributed by atoms with Crippen LogP contribution in [0.4, 0.5) is 10.5 Å². The van der Waals surface area contributed by atoms with E-state index in [1.165, 1.54) is 12.1 Å². The van der Waals surface area contributed by atoms with Crippen LogP contribution in [0.2, 0.25) is 10.0 Å². The molecule has 0 spiro atoms. The van der Waals surface area contributed by atoms with Crippen LogP contribution in [0.3, 0.4) is 0 Å². The third kappa shape index (κ3) is 5.24. The van der Waals surface area contributed by atoms with Crippen LogP contribution in [0.25, 0.3) is 6.08 Å². The molecule has 8 heteroatoms. The first-order valence-corrected chi connectivity index (χ1v) is 11.6. The fourth-order valence-corrected chi connectivity index (χ4v) is 4.16. The van der Waals surface area contributed by atoms with E-state index in [2.05, 4.69) is 5.32 Å². The molecule has 0 radical (unpaired) electrons. The molecule has 3 aromatic carbocycles. The molecule has 4 rings (SSSR count). The molecule has 0 atom stereocenters. The Morgan fingerprint density at radius 3 is 2.31 bits per heavy atom. The molecule has 1 saturated heterocycles. The van der Waals surface area contributed by atoms with Crippen molar-refractivity contribution < 1.29 is 19.1 Å². The quantitative estimate of drug-likeness (QED) is 0.330. The number of imide groups is 2. The second kappa shape index (κ2) is 9.94. The number of carbonyl (C=O) groups is 3. The van der Waals surface area contributed by atoms with Crippen LogP contribution in [0, 0.1) is 20.8 Å². The Balaban J connectivity index is 1.71. The molecule has 0 aromatic heterocycles. The Morgan fingerprint density at radius 2 is 1.63 bits per heavy atom. The first kappa shape index (κ1) is 24.5. The molecule has 1 N–H and O–H groups in total. The molecule has 6 nitrogen and oxygen atoms in total. The molecule has 1 fully saturated rings. The average Bonchev–Trinajstić information content (AvgIpc) is 2.79. The van der Waals surface area contributed by atoms with Gasteiger partial charge in [0, 0.05) is 10.6 Å². The maximum Gasteiger partial charge on any atom is 0.335 e. The van der Waals surface area contributed by atoms with E-state index in [0.717, 1.165) is 27.2 Å². The molecular weight excluding hydrogens is 487 g/mol. The van der Waals surface area contributed by atoms with E-state index < -0.39 is 17.8 Å². The molecule has 178 valence electrons. The Hall–Kier alpha value is -3.61. The van der Waals surface area contributed by atoms with Gasteiger partial charge >= 0.3 is 6.03 Å². The highest BCUT2D eigenvalue weighted by Crippen LogP contribution is 2.35. The number of carbonyl (C=O) groups excluding carboxylic acids is 3. The van der Waals surface area contributed by atoms with E-state index in [1.807, 2.05) is 45.0 Å². The van der Waals surface area contributed by atoms with Gasteiger partial charge in [0.25, 0.3) is 11.8 Å². The Kier molecular flexibility index (Phi) is 6.96. The Bertz CT molecular complexity index is 1380. The summed E-state index contributed by atoms with van der Waals surface area (Å²) < 4.78 is 5.96. The normalized spacial score (nSPS) is 14.9. The van der Waals surface area contributed by atoms with Gasteiger partial charge in [0.2, 0.25) is 0 Å². The molecular formula is C27H22Cl2N2O4. The highest BCUT2D eigenvalue weighted by atomic mass is 35.5. The molecule has 1 aliphatic heterocycles. The average molecular weight is 509 g/mol. The van der Waals surface area contributed by atoms with Crippen LogP contribution in [-0.4, -0.2) is 17.8 Å². The van der Waals surface area contributed by atoms with Crippen molar-refractivity contribution in [1.29, 1.82) is 0 Å². The first-order valence-electron chi connectivity index (χ1n) is 10.8. The predicted molar refractivity (Wildman–Crippen MR) is 137 cm³/mol. The number of nitrogens with one attached hydrogen (secondary N) is 1. The van der Waals surface area contributed by atoms with E-state index in [-0.39, 0.29) is 23.0 Å². The maximum atomic E-state index is 13.3. The number of hydrogen-bond acceptors (Lipinski definition) is 4. The van der Waals surface area contributed by atoms with Gasteiger partial charge in [-0.1, -0.05) is 59.1 Å².